The predicted octanol–water partition coefficient (Wildman–Crippen LogP) is 12.0. The van der Waals surface area contributed by atoms with E-state index in [9.17, 15) is 14.4 Å². The zero-order chi connectivity index (χ0) is 39.0. The van der Waals surface area contributed by atoms with Crippen LogP contribution in [0.3, 0.4) is 0 Å². The molecule has 0 fully saturated rings. The molecule has 0 aromatic rings. The molecule has 0 aromatic heterocycles. The van der Waals surface area contributed by atoms with Gasteiger partial charge >= 0.3 is 17.8 Å². The van der Waals surface area contributed by atoms with Gasteiger partial charge in [-0.15, -0.1) is 0 Å². The molecule has 306 valence electrons. The average Bonchev–Trinajstić information content (AvgIpc) is 3.14. The van der Waals surface area contributed by atoms with Gasteiger partial charge in [-0.2, -0.15) is 0 Å². The van der Waals surface area contributed by atoms with Crippen molar-refractivity contribution in [3.63, 3.8) is 0 Å². The molecule has 0 atom stereocenters. The zero-order valence-electron chi connectivity index (χ0n) is 35.4. The van der Waals surface area contributed by atoms with Crippen molar-refractivity contribution in [2.75, 3.05) is 46.8 Å². The number of imide groups is 1. The minimum Gasteiger partial charge on any atom is -0.338 e. The quantitative estimate of drug-likeness (QED) is 0.0399. The lowest BCUT2D eigenvalue weighted by molar-refractivity contribution is -0.150. The lowest BCUT2D eigenvalue weighted by Crippen LogP contribution is -2.51. The van der Waals surface area contributed by atoms with Gasteiger partial charge in [0.1, 0.15) is 0 Å². The average molecular weight is 741 g/mol. The van der Waals surface area contributed by atoms with E-state index in [4.69, 9.17) is 0 Å². The predicted molar refractivity (Wildman–Crippen MR) is 229 cm³/mol. The molecule has 0 aromatic carbocycles. The minimum absolute atomic E-state index is 0.234. The van der Waals surface area contributed by atoms with E-state index < -0.39 is 17.8 Å². The lowest BCUT2D eigenvalue weighted by Gasteiger charge is -2.26. The third kappa shape index (κ3) is 32.5. The molecule has 0 aliphatic carbocycles. The summed E-state index contributed by atoms with van der Waals surface area (Å²) in [6.07, 6.45) is 47.0. The molecule has 0 saturated carbocycles. The first-order chi connectivity index (χ1) is 25.9. The Morgan fingerprint density at radius 2 is 0.830 bits per heavy atom. The summed E-state index contributed by atoms with van der Waals surface area (Å²) in [6.45, 7) is 8.84. The van der Waals surface area contributed by atoms with Crippen molar-refractivity contribution in [3.05, 3.63) is 48.6 Å². The summed E-state index contributed by atoms with van der Waals surface area (Å²) < 4.78 is 0. The molecular formula is C46H84N4O3. The minimum atomic E-state index is -0.699. The number of allylic oxidation sites excluding steroid dienone is 8. The number of carbonyl (C=O) groups is 3. The number of nitrogens with zero attached hydrogens (tertiary/aromatic N) is 3. The van der Waals surface area contributed by atoms with E-state index >= 15 is 0 Å². The smallest absolute Gasteiger partial charge is 0.324 e. The topological polar surface area (TPSA) is 73.0 Å². The van der Waals surface area contributed by atoms with Crippen LogP contribution >= 0.6 is 0 Å². The molecule has 0 radical (unpaired) electrons. The Balaban J connectivity index is 4.71. The largest absolute Gasteiger partial charge is 0.338 e. The van der Waals surface area contributed by atoms with Gasteiger partial charge in [0.15, 0.2) is 0 Å². The summed E-state index contributed by atoms with van der Waals surface area (Å²) in [7, 11) is 3.93. The van der Waals surface area contributed by atoms with E-state index in [0.717, 1.165) is 75.7 Å². The van der Waals surface area contributed by atoms with Gasteiger partial charge in [-0.05, 0) is 111 Å². The summed E-state index contributed by atoms with van der Waals surface area (Å²) in [5.74, 6) is -1.24. The summed E-state index contributed by atoms with van der Waals surface area (Å²) in [5.41, 5.74) is 0. The maximum atomic E-state index is 13.6. The molecule has 0 saturated heterocycles. The van der Waals surface area contributed by atoms with E-state index in [-0.39, 0.29) is 6.54 Å². The van der Waals surface area contributed by atoms with Crippen molar-refractivity contribution >= 4 is 17.8 Å². The highest BCUT2D eigenvalue weighted by Gasteiger charge is 2.30. The zero-order valence-corrected chi connectivity index (χ0v) is 35.4. The second kappa shape index (κ2) is 39.0. The van der Waals surface area contributed by atoms with Crippen LogP contribution in [0.4, 0.5) is 4.79 Å². The van der Waals surface area contributed by atoms with Gasteiger partial charge in [-0.1, -0.05) is 140 Å². The Hall–Kier alpha value is -2.67. The van der Waals surface area contributed by atoms with E-state index in [1.54, 1.807) is 4.90 Å². The van der Waals surface area contributed by atoms with Crippen LogP contribution in [-0.2, 0) is 9.59 Å². The Labute approximate surface area is 328 Å². The highest BCUT2D eigenvalue weighted by Crippen LogP contribution is 2.13. The van der Waals surface area contributed by atoms with Crippen LogP contribution in [0.2, 0.25) is 0 Å². The van der Waals surface area contributed by atoms with Gasteiger partial charge in [0.25, 0.3) is 0 Å². The maximum absolute atomic E-state index is 13.6. The monoisotopic (exact) mass is 741 g/mol. The first kappa shape index (κ1) is 50.3. The number of nitrogens with one attached hydrogen (secondary N) is 1. The van der Waals surface area contributed by atoms with Crippen molar-refractivity contribution in [1.82, 2.24) is 20.0 Å². The second-order valence-corrected chi connectivity index (χ2v) is 14.9. The fourth-order valence-electron chi connectivity index (χ4n) is 6.23. The third-order valence-electron chi connectivity index (χ3n) is 9.53. The molecule has 1 N–H and O–H groups in total. The Bertz CT molecular complexity index is 939. The maximum Gasteiger partial charge on any atom is 0.324 e. The third-order valence-corrected chi connectivity index (χ3v) is 9.53. The molecule has 0 unspecified atom stereocenters. The molecule has 53 heavy (non-hydrogen) atoms. The Kier molecular flexibility index (Phi) is 37.1. The van der Waals surface area contributed by atoms with Crippen molar-refractivity contribution in [1.29, 1.82) is 0 Å². The normalized spacial score (nSPS) is 12.0. The number of amides is 4. The van der Waals surface area contributed by atoms with Gasteiger partial charge in [0.2, 0.25) is 0 Å². The Morgan fingerprint density at radius 3 is 1.23 bits per heavy atom. The fourth-order valence-corrected chi connectivity index (χ4v) is 6.23. The van der Waals surface area contributed by atoms with Gasteiger partial charge in [-0.3, -0.25) is 14.5 Å². The highest BCUT2D eigenvalue weighted by atomic mass is 16.2. The number of carbonyl (C=O) groups excluding carboxylic acids is 3. The van der Waals surface area contributed by atoms with Crippen LogP contribution in [0.15, 0.2) is 48.6 Å². The molecule has 0 bridgehead atoms. The highest BCUT2D eigenvalue weighted by molar-refractivity contribution is 6.37. The van der Waals surface area contributed by atoms with Crippen molar-refractivity contribution in [3.8, 4) is 0 Å². The molecule has 7 nitrogen and oxygen atoms in total. The van der Waals surface area contributed by atoms with Crippen LogP contribution in [0.1, 0.15) is 181 Å². The number of hydrogen-bond acceptors (Lipinski definition) is 4. The second-order valence-electron chi connectivity index (χ2n) is 14.9. The van der Waals surface area contributed by atoms with Crippen molar-refractivity contribution in [2.45, 2.75) is 181 Å². The first-order valence-electron chi connectivity index (χ1n) is 22.0. The van der Waals surface area contributed by atoms with Gasteiger partial charge in [0, 0.05) is 26.2 Å². The molecule has 0 rings (SSSR count). The number of rotatable bonds is 35. The molecule has 0 heterocycles. The number of urea groups is 1. The molecule has 4 amide bonds. The number of hydrogen-bond donors (Lipinski definition) is 1. The molecule has 7 heteroatoms. The molecule has 0 aliphatic rings. The van der Waals surface area contributed by atoms with Crippen LogP contribution in [0.5, 0.6) is 0 Å². The van der Waals surface area contributed by atoms with Gasteiger partial charge in [0.05, 0.1) is 0 Å². The van der Waals surface area contributed by atoms with Gasteiger partial charge < -0.3 is 15.1 Å². The number of unbranched alkanes of at least 4 members (excludes halogenated alkanes) is 18. The van der Waals surface area contributed by atoms with Crippen LogP contribution < -0.4 is 5.32 Å². The summed E-state index contributed by atoms with van der Waals surface area (Å²) >= 11 is 0. The molecule has 0 aliphatic heterocycles. The molecular weight excluding hydrogens is 657 g/mol. The standard InChI is InChI=1S/C46H84N4O3/c1-6-9-11-13-15-17-19-21-23-25-27-29-31-33-35-37-41-49(44(51)45(52)50(46(53)47-8-3)43-39-40-48(4)5)42-38-36-34-32-30-28-26-24-22-20-18-16-14-12-10-7-2/h15-18,21-24H,6-14,19-20,25-43H2,1-5H3,(H,47,53)/b17-15-,18-16-,23-21-,24-22-. The van der Waals surface area contributed by atoms with Crippen molar-refractivity contribution in [2.24, 2.45) is 0 Å². The lowest BCUT2D eigenvalue weighted by atomic mass is 10.1. The first-order valence-corrected chi connectivity index (χ1v) is 22.0. The molecule has 0 spiro atoms. The van der Waals surface area contributed by atoms with E-state index in [0.29, 0.717) is 26.1 Å². The summed E-state index contributed by atoms with van der Waals surface area (Å²) in [5, 5.41) is 2.73. The van der Waals surface area contributed by atoms with Crippen LogP contribution in [0, 0.1) is 0 Å². The van der Waals surface area contributed by atoms with E-state index in [1.807, 2.05) is 25.9 Å². The summed E-state index contributed by atoms with van der Waals surface area (Å²) in [6, 6.07) is -0.480. The van der Waals surface area contributed by atoms with Gasteiger partial charge in [-0.25, -0.2) is 4.79 Å². The summed E-state index contributed by atoms with van der Waals surface area (Å²) in [4.78, 5) is 44.7. The van der Waals surface area contributed by atoms with Crippen molar-refractivity contribution < 1.29 is 14.4 Å². The van der Waals surface area contributed by atoms with Crippen LogP contribution in [-0.4, -0.2) is 79.4 Å². The van der Waals surface area contributed by atoms with E-state index in [1.165, 1.54) is 89.9 Å². The van der Waals surface area contributed by atoms with E-state index in [2.05, 4.69) is 67.8 Å². The fraction of sp³-hybridized carbons (Fsp3) is 0.761. The Morgan fingerprint density at radius 1 is 0.434 bits per heavy atom. The SMILES string of the molecule is CCCCC/C=C\C/C=C\CCCCCCCCN(CCCCCCCC/C=C\C/C=C\CCCCC)C(=O)C(=O)N(CCCN(C)C)C(=O)NCC. The van der Waals surface area contributed by atoms with Crippen LogP contribution in [0.25, 0.3) is 0 Å².